The van der Waals surface area contributed by atoms with Crippen LogP contribution >= 0.6 is 11.6 Å². The Morgan fingerprint density at radius 1 is 1.16 bits per heavy atom. The molecule has 2 aromatic carbocycles. The number of hydrogen-bond acceptors (Lipinski definition) is 6. The maximum atomic E-state index is 13.6. The third kappa shape index (κ3) is 5.51. The highest BCUT2D eigenvalue weighted by Crippen LogP contribution is 2.52. The van der Waals surface area contributed by atoms with E-state index in [4.69, 9.17) is 16.3 Å². The van der Waals surface area contributed by atoms with E-state index in [1.54, 1.807) is 6.92 Å². The number of benzene rings is 2. The topological polar surface area (TPSA) is 113 Å². The highest BCUT2D eigenvalue weighted by molar-refractivity contribution is 7.92. The average Bonchev–Trinajstić information content (AvgIpc) is 2.98. The number of carbonyl (C=O) groups excluding carboxylic acids is 1. The quantitative estimate of drug-likeness (QED) is 0.418. The van der Waals surface area contributed by atoms with Crippen LogP contribution in [-0.2, 0) is 14.6 Å². The predicted molar refractivity (Wildman–Crippen MR) is 130 cm³/mol. The van der Waals surface area contributed by atoms with Crippen LogP contribution in [0.15, 0.2) is 35.2 Å². The smallest absolute Gasteiger partial charge is 0.255 e. The number of carbonyl (C=O) groups is 1. The molecule has 7 nitrogen and oxygen atoms in total. The minimum atomic E-state index is -4.02. The van der Waals surface area contributed by atoms with E-state index in [0.29, 0.717) is 25.0 Å². The summed E-state index contributed by atoms with van der Waals surface area (Å²) in [5.74, 6) is -6.18. The molecule has 2 fully saturated rings. The number of hydrogen-bond donors (Lipinski definition) is 3. The van der Waals surface area contributed by atoms with Crippen LogP contribution in [0.25, 0.3) is 0 Å². The summed E-state index contributed by atoms with van der Waals surface area (Å²) in [6.07, 6.45) is 0.923. The van der Waals surface area contributed by atoms with Gasteiger partial charge in [-0.1, -0.05) is 11.6 Å². The molecule has 0 saturated heterocycles. The van der Waals surface area contributed by atoms with Crippen LogP contribution in [-0.4, -0.2) is 54.7 Å². The van der Waals surface area contributed by atoms with Gasteiger partial charge < -0.3 is 20.3 Å². The number of rotatable bonds is 8. The molecular formula is C25H27ClF3NO6S. The summed E-state index contributed by atoms with van der Waals surface area (Å²) in [6, 6.07) is 4.81. The second-order valence-corrected chi connectivity index (χ2v) is 12.4. The van der Waals surface area contributed by atoms with Gasteiger partial charge in [0.25, 0.3) is 5.91 Å². The zero-order valence-electron chi connectivity index (χ0n) is 19.9. The lowest BCUT2D eigenvalue weighted by Crippen LogP contribution is -2.51. The van der Waals surface area contributed by atoms with E-state index in [0.717, 1.165) is 6.07 Å². The van der Waals surface area contributed by atoms with Gasteiger partial charge in [-0.15, -0.1) is 0 Å². The van der Waals surface area contributed by atoms with Crippen molar-refractivity contribution in [1.29, 1.82) is 0 Å². The number of aliphatic hydroxyl groups excluding tert-OH is 1. The number of amides is 1. The van der Waals surface area contributed by atoms with Gasteiger partial charge in [-0.05, 0) is 62.6 Å². The van der Waals surface area contributed by atoms with Crippen molar-refractivity contribution in [2.75, 3.05) is 18.5 Å². The summed E-state index contributed by atoms with van der Waals surface area (Å²) in [4.78, 5) is 12.4. The summed E-state index contributed by atoms with van der Waals surface area (Å²) < 4.78 is 72.9. The molecule has 0 spiro atoms. The van der Waals surface area contributed by atoms with E-state index >= 15 is 0 Å². The average molecular weight is 562 g/mol. The normalized spacial score (nSPS) is 26.2. The Hall–Kier alpha value is -2.18. The minimum Gasteiger partial charge on any atom is -0.391 e. The van der Waals surface area contributed by atoms with Crippen molar-refractivity contribution in [2.45, 2.75) is 54.5 Å². The van der Waals surface area contributed by atoms with Gasteiger partial charge in [-0.25, -0.2) is 21.6 Å². The Balaban J connectivity index is 1.53. The lowest BCUT2D eigenvalue weighted by atomic mass is 9.75. The first-order valence-corrected chi connectivity index (χ1v) is 13.7. The molecule has 5 atom stereocenters. The van der Waals surface area contributed by atoms with Crippen LogP contribution in [0.2, 0.25) is 5.02 Å². The molecule has 2 aliphatic rings. The van der Waals surface area contributed by atoms with Crippen molar-refractivity contribution in [1.82, 2.24) is 0 Å². The molecule has 0 radical (unpaired) electrons. The van der Waals surface area contributed by atoms with Gasteiger partial charge in [0.05, 0.1) is 40.1 Å². The second-order valence-electron chi connectivity index (χ2n) is 9.82. The van der Waals surface area contributed by atoms with Crippen LogP contribution in [0.5, 0.6) is 0 Å². The summed E-state index contributed by atoms with van der Waals surface area (Å²) in [5, 5.41) is 21.9. The molecule has 2 aromatic rings. The van der Waals surface area contributed by atoms with Crippen molar-refractivity contribution in [3.63, 3.8) is 0 Å². The Kier molecular flexibility index (Phi) is 7.92. The molecule has 2 saturated carbocycles. The van der Waals surface area contributed by atoms with Gasteiger partial charge in [0.1, 0.15) is 0 Å². The first kappa shape index (κ1) is 27.8. The molecule has 12 heteroatoms. The van der Waals surface area contributed by atoms with Crippen LogP contribution in [0.4, 0.5) is 18.9 Å². The van der Waals surface area contributed by atoms with Crippen molar-refractivity contribution in [3.8, 4) is 0 Å². The zero-order valence-corrected chi connectivity index (χ0v) is 21.5. The highest BCUT2D eigenvalue weighted by atomic mass is 35.5. The number of nitrogens with one attached hydrogen (secondary N) is 1. The Morgan fingerprint density at radius 3 is 2.32 bits per heavy atom. The highest BCUT2D eigenvalue weighted by Gasteiger charge is 2.55. The van der Waals surface area contributed by atoms with Gasteiger partial charge >= 0.3 is 0 Å². The molecule has 2 aliphatic carbocycles. The van der Waals surface area contributed by atoms with Crippen molar-refractivity contribution in [2.24, 2.45) is 11.8 Å². The third-order valence-electron chi connectivity index (χ3n) is 7.25. The van der Waals surface area contributed by atoms with Crippen LogP contribution < -0.4 is 5.32 Å². The first-order chi connectivity index (χ1) is 17.3. The van der Waals surface area contributed by atoms with Crippen molar-refractivity contribution >= 4 is 33.0 Å². The molecule has 2 bridgehead atoms. The summed E-state index contributed by atoms with van der Waals surface area (Å²) in [6.45, 7) is 1.63. The van der Waals surface area contributed by atoms with Gasteiger partial charge in [0, 0.05) is 23.4 Å². The molecule has 4 rings (SSSR count). The predicted octanol–water partition coefficient (Wildman–Crippen LogP) is 4.10. The lowest BCUT2D eigenvalue weighted by molar-refractivity contribution is -0.121. The number of ether oxygens (including phenoxy) is 1. The second kappa shape index (κ2) is 10.5. The Morgan fingerprint density at radius 2 is 1.76 bits per heavy atom. The van der Waals surface area contributed by atoms with E-state index in [-0.39, 0.29) is 59.1 Å². The lowest BCUT2D eigenvalue weighted by Gasteiger charge is -2.42. The molecular weight excluding hydrogens is 535 g/mol. The maximum absolute atomic E-state index is 13.6. The fraction of sp³-hybridized carbons (Fsp3) is 0.480. The fourth-order valence-electron chi connectivity index (χ4n) is 5.37. The minimum absolute atomic E-state index is 0.000980. The van der Waals surface area contributed by atoms with E-state index in [1.807, 2.05) is 0 Å². The number of sulfone groups is 1. The summed E-state index contributed by atoms with van der Waals surface area (Å²) >= 11 is 6.22. The van der Waals surface area contributed by atoms with Crippen LogP contribution in [0.3, 0.4) is 0 Å². The number of anilines is 1. The summed E-state index contributed by atoms with van der Waals surface area (Å²) in [5.41, 5.74) is -1.66. The van der Waals surface area contributed by atoms with Crippen molar-refractivity contribution < 1.29 is 41.3 Å². The first-order valence-electron chi connectivity index (χ1n) is 11.8. The number of halogens is 4. The van der Waals surface area contributed by atoms with Gasteiger partial charge in [0.15, 0.2) is 27.3 Å². The Labute approximate surface area is 217 Å². The molecule has 1 unspecified atom stereocenters. The monoisotopic (exact) mass is 561 g/mol. The van der Waals surface area contributed by atoms with E-state index in [2.05, 4.69) is 5.32 Å². The van der Waals surface area contributed by atoms with E-state index < -0.39 is 50.2 Å². The van der Waals surface area contributed by atoms with Gasteiger partial charge in [-0.2, -0.15) is 0 Å². The number of fused-ring (bicyclic) bond motifs is 2. The van der Waals surface area contributed by atoms with Crippen LogP contribution in [0.1, 0.15) is 43.0 Å². The standard InChI is InChI=1S/C25H27ClF3NO6S/c1-13(31)11-36-12-25(33)15-3-4-16(25)8-18(7-15)37(34,35)22-6-14(2-5-19(22)26)24(32)30-17-9-20(27)23(29)21(28)10-17/h2,5-6,9-10,13,15-16,18,31,33H,3-4,7-8,11-12H2,1H3,(H,30,32)/t13-,15+,16?,18+,25+/m1/s1. The zero-order chi connectivity index (χ0) is 27.1. The van der Waals surface area contributed by atoms with Gasteiger partial charge in [-0.3, -0.25) is 4.79 Å². The van der Waals surface area contributed by atoms with Gasteiger partial charge in [0.2, 0.25) is 0 Å². The molecule has 202 valence electrons. The summed E-state index contributed by atoms with van der Waals surface area (Å²) in [7, 11) is -4.02. The molecule has 1 amide bonds. The Bertz CT molecular complexity index is 1270. The fourth-order valence-corrected chi connectivity index (χ4v) is 7.77. The molecule has 0 aromatic heterocycles. The molecule has 0 aliphatic heterocycles. The van der Waals surface area contributed by atoms with Crippen molar-refractivity contribution in [3.05, 3.63) is 58.4 Å². The van der Waals surface area contributed by atoms with E-state index in [1.165, 1.54) is 12.1 Å². The molecule has 3 N–H and O–H groups in total. The molecule has 0 heterocycles. The van der Waals surface area contributed by atoms with Crippen LogP contribution in [0, 0.1) is 29.3 Å². The van der Waals surface area contributed by atoms with E-state index in [9.17, 15) is 36.6 Å². The maximum Gasteiger partial charge on any atom is 0.255 e. The SMILES string of the molecule is C[C@@H](O)COC[C@@]1(O)C2CC[C@H]1C[C@H](S(=O)(=O)c1cc(C(=O)Nc3cc(F)c(F)c(F)c3)ccc1Cl)C2. The largest absolute Gasteiger partial charge is 0.391 e. The third-order valence-corrected chi connectivity index (χ3v) is 9.90. The molecule has 37 heavy (non-hydrogen) atoms. The number of aliphatic hydroxyl groups is 2.